The van der Waals surface area contributed by atoms with Gasteiger partial charge in [-0.2, -0.15) is 0 Å². The molecule has 90 valence electrons. The minimum absolute atomic E-state index is 0.563. The van der Waals surface area contributed by atoms with Gasteiger partial charge in [0.25, 0.3) is 0 Å². The van der Waals surface area contributed by atoms with Crippen molar-refractivity contribution in [2.75, 3.05) is 13.1 Å². The summed E-state index contributed by atoms with van der Waals surface area (Å²) in [5.74, 6) is 0. The summed E-state index contributed by atoms with van der Waals surface area (Å²) >= 11 is 0. The zero-order valence-corrected chi connectivity index (χ0v) is 10.4. The van der Waals surface area contributed by atoms with E-state index in [1.165, 1.54) is 62.0 Å². The number of aryl methyl sites for hydroxylation is 1. The van der Waals surface area contributed by atoms with Crippen LogP contribution < -0.4 is 0 Å². The summed E-state index contributed by atoms with van der Waals surface area (Å²) in [4.78, 5) is 7.24. The Labute approximate surface area is 103 Å². The van der Waals surface area contributed by atoms with E-state index in [1.54, 1.807) is 0 Å². The summed E-state index contributed by atoms with van der Waals surface area (Å²) in [6.07, 6.45) is 8.06. The Bertz CT molecular complexity index is 415. The van der Waals surface area contributed by atoms with E-state index in [2.05, 4.69) is 28.6 Å². The predicted molar refractivity (Wildman–Crippen MR) is 69.9 cm³/mol. The molecule has 17 heavy (non-hydrogen) atoms. The maximum Gasteiger partial charge on any atom is 0.0607 e. The van der Waals surface area contributed by atoms with Crippen LogP contribution in [-0.2, 0) is 6.42 Å². The molecule has 2 heteroatoms. The highest BCUT2D eigenvalue weighted by atomic mass is 15.2. The van der Waals surface area contributed by atoms with Crippen molar-refractivity contribution in [2.24, 2.45) is 0 Å². The minimum atomic E-state index is 0.563. The lowest BCUT2D eigenvalue weighted by atomic mass is 9.89. The Hall–Kier alpha value is -1.15. The summed E-state index contributed by atoms with van der Waals surface area (Å²) < 4.78 is 0. The van der Waals surface area contributed by atoms with Crippen LogP contribution in [0, 0.1) is 0 Å². The van der Waals surface area contributed by atoms with Gasteiger partial charge < -0.3 is 0 Å². The molecule has 0 saturated carbocycles. The Balaban J connectivity index is 1.83. The van der Waals surface area contributed by atoms with E-state index in [0.29, 0.717) is 6.04 Å². The van der Waals surface area contributed by atoms with Gasteiger partial charge in [0.1, 0.15) is 0 Å². The van der Waals surface area contributed by atoms with Crippen molar-refractivity contribution in [2.45, 2.75) is 38.1 Å². The molecular formula is C15H20N2. The number of piperidine rings is 1. The number of aromatic nitrogens is 1. The van der Waals surface area contributed by atoms with Gasteiger partial charge in [0.05, 0.1) is 11.7 Å². The molecule has 1 fully saturated rings. The van der Waals surface area contributed by atoms with Crippen molar-refractivity contribution < 1.29 is 0 Å². The van der Waals surface area contributed by atoms with Crippen LogP contribution in [0.5, 0.6) is 0 Å². The molecule has 2 aliphatic rings. The molecule has 1 aliphatic carbocycles. The predicted octanol–water partition coefficient (Wildman–Crippen LogP) is 3.11. The molecule has 1 aromatic heterocycles. The van der Waals surface area contributed by atoms with E-state index in [0.717, 1.165) is 0 Å². The lowest BCUT2D eigenvalue weighted by molar-refractivity contribution is 0.163. The molecule has 0 N–H and O–H groups in total. The Morgan fingerprint density at radius 2 is 2.06 bits per heavy atom. The number of likely N-dealkylation sites (tertiary alicyclic amines) is 1. The van der Waals surface area contributed by atoms with Gasteiger partial charge in [-0.15, -0.1) is 0 Å². The fraction of sp³-hybridized carbons (Fsp3) is 0.533. The summed E-state index contributed by atoms with van der Waals surface area (Å²) in [7, 11) is 0. The molecule has 0 bridgehead atoms. The fourth-order valence-corrected chi connectivity index (χ4v) is 3.09. The molecule has 1 aliphatic heterocycles. The van der Waals surface area contributed by atoms with Crippen molar-refractivity contribution in [1.82, 2.24) is 9.88 Å². The maximum absolute atomic E-state index is 4.63. The van der Waals surface area contributed by atoms with Crippen LogP contribution in [0.25, 0.3) is 0 Å². The quantitative estimate of drug-likeness (QED) is 0.687. The van der Waals surface area contributed by atoms with E-state index >= 15 is 0 Å². The molecular weight excluding hydrogens is 208 g/mol. The van der Waals surface area contributed by atoms with E-state index < -0.39 is 0 Å². The number of hydrogen-bond acceptors (Lipinski definition) is 2. The number of fused-ring (bicyclic) bond motifs is 1. The third-order valence-corrected chi connectivity index (χ3v) is 4.11. The maximum atomic E-state index is 4.63. The lowest BCUT2D eigenvalue weighted by Crippen LogP contribution is -2.36. The smallest absolute Gasteiger partial charge is 0.0607 e. The van der Waals surface area contributed by atoms with Crippen LogP contribution in [0.15, 0.2) is 30.5 Å². The van der Waals surface area contributed by atoms with Crippen molar-refractivity contribution >= 4 is 0 Å². The lowest BCUT2D eigenvalue weighted by Gasteiger charge is -2.37. The molecule has 0 radical (unpaired) electrons. The summed E-state index contributed by atoms with van der Waals surface area (Å²) in [5.41, 5.74) is 4.22. The first-order valence-corrected chi connectivity index (χ1v) is 6.69. The van der Waals surface area contributed by atoms with Gasteiger partial charge in [0.15, 0.2) is 0 Å². The monoisotopic (exact) mass is 228 g/mol. The second kappa shape index (κ2) is 4.61. The van der Waals surface area contributed by atoms with Crippen molar-refractivity contribution in [1.29, 1.82) is 0 Å². The highest BCUT2D eigenvalue weighted by molar-refractivity contribution is 5.25. The highest BCUT2D eigenvalue weighted by Crippen LogP contribution is 2.34. The van der Waals surface area contributed by atoms with Crippen LogP contribution in [-0.4, -0.2) is 23.0 Å². The number of nitrogens with zero attached hydrogens (tertiary/aromatic N) is 2. The van der Waals surface area contributed by atoms with E-state index in [1.807, 2.05) is 6.20 Å². The summed E-state index contributed by atoms with van der Waals surface area (Å²) in [6, 6.07) is 4.88. The standard InChI is InChI=1S/C15H20N2/c1-12-7-10-17(11-8-12)14-6-2-4-13-5-3-9-16-15(13)14/h3,5,9,14H,1-2,4,6-8,10-11H2. The van der Waals surface area contributed by atoms with Crippen LogP contribution in [0.1, 0.15) is 43.0 Å². The zero-order valence-electron chi connectivity index (χ0n) is 10.4. The fourth-order valence-electron chi connectivity index (χ4n) is 3.09. The molecule has 1 unspecified atom stereocenters. The first-order chi connectivity index (χ1) is 8.34. The summed E-state index contributed by atoms with van der Waals surface area (Å²) in [6.45, 7) is 6.43. The van der Waals surface area contributed by atoms with Gasteiger partial charge in [0, 0.05) is 19.3 Å². The van der Waals surface area contributed by atoms with Crippen LogP contribution >= 0.6 is 0 Å². The molecule has 0 aromatic carbocycles. The van der Waals surface area contributed by atoms with Gasteiger partial charge in [0.2, 0.25) is 0 Å². The topological polar surface area (TPSA) is 16.1 Å². The normalized spacial score (nSPS) is 25.6. The molecule has 0 amide bonds. The van der Waals surface area contributed by atoms with Gasteiger partial charge in [-0.25, -0.2) is 0 Å². The van der Waals surface area contributed by atoms with E-state index in [-0.39, 0.29) is 0 Å². The minimum Gasteiger partial charge on any atom is -0.294 e. The average Bonchev–Trinajstić information content (AvgIpc) is 2.39. The highest BCUT2D eigenvalue weighted by Gasteiger charge is 2.28. The summed E-state index contributed by atoms with van der Waals surface area (Å²) in [5, 5.41) is 0. The van der Waals surface area contributed by atoms with Crippen LogP contribution in [0.4, 0.5) is 0 Å². The van der Waals surface area contributed by atoms with Gasteiger partial charge >= 0.3 is 0 Å². The average molecular weight is 228 g/mol. The first kappa shape index (κ1) is 11.0. The molecule has 3 rings (SSSR count). The number of pyridine rings is 1. The SMILES string of the molecule is C=C1CCN(C2CCCc3cccnc32)CC1. The largest absolute Gasteiger partial charge is 0.294 e. The van der Waals surface area contributed by atoms with Gasteiger partial charge in [-0.05, 0) is 43.7 Å². The van der Waals surface area contributed by atoms with Gasteiger partial charge in [-0.3, -0.25) is 9.88 Å². The third-order valence-electron chi connectivity index (χ3n) is 4.11. The molecule has 1 saturated heterocycles. The first-order valence-electron chi connectivity index (χ1n) is 6.69. The molecule has 2 heterocycles. The Kier molecular flexibility index (Phi) is 2.98. The number of rotatable bonds is 1. The van der Waals surface area contributed by atoms with Crippen LogP contribution in [0.3, 0.4) is 0 Å². The molecule has 0 spiro atoms. The second-order valence-corrected chi connectivity index (χ2v) is 5.24. The Morgan fingerprint density at radius 1 is 1.24 bits per heavy atom. The number of hydrogen-bond donors (Lipinski definition) is 0. The molecule has 2 nitrogen and oxygen atoms in total. The van der Waals surface area contributed by atoms with Crippen LogP contribution in [0.2, 0.25) is 0 Å². The Morgan fingerprint density at radius 3 is 2.88 bits per heavy atom. The van der Waals surface area contributed by atoms with Gasteiger partial charge in [-0.1, -0.05) is 18.2 Å². The van der Waals surface area contributed by atoms with E-state index in [9.17, 15) is 0 Å². The molecule has 1 atom stereocenters. The third kappa shape index (κ3) is 2.14. The van der Waals surface area contributed by atoms with Crippen molar-refractivity contribution in [3.8, 4) is 0 Å². The second-order valence-electron chi connectivity index (χ2n) is 5.24. The van der Waals surface area contributed by atoms with E-state index in [4.69, 9.17) is 0 Å². The van der Waals surface area contributed by atoms with Crippen molar-refractivity contribution in [3.05, 3.63) is 41.7 Å². The van der Waals surface area contributed by atoms with Crippen molar-refractivity contribution in [3.63, 3.8) is 0 Å². The zero-order chi connectivity index (χ0) is 11.7. The molecule has 1 aromatic rings.